The van der Waals surface area contributed by atoms with Gasteiger partial charge in [0, 0.05) is 42.3 Å². The summed E-state index contributed by atoms with van der Waals surface area (Å²) in [4.78, 5) is 23.5. The Bertz CT molecular complexity index is 1370. The number of fused-ring (bicyclic) bond motifs is 2. The minimum Gasteiger partial charge on any atom is -0.353 e. The molecule has 0 aliphatic carbocycles. The van der Waals surface area contributed by atoms with Gasteiger partial charge >= 0.3 is 0 Å². The molecule has 0 bridgehead atoms. The van der Waals surface area contributed by atoms with E-state index in [1.807, 2.05) is 28.8 Å². The number of carbonyl (C=O) groups is 1. The van der Waals surface area contributed by atoms with Crippen molar-refractivity contribution in [3.63, 3.8) is 0 Å². The maximum Gasteiger partial charge on any atom is 0.228 e. The number of hydrogen-bond donors (Lipinski definition) is 1. The number of anilines is 2. The molecule has 1 N–H and O–H groups in total. The molecule has 166 valence electrons. The Morgan fingerprint density at radius 2 is 1.79 bits per heavy atom. The summed E-state index contributed by atoms with van der Waals surface area (Å²) in [7, 11) is 0. The summed E-state index contributed by atoms with van der Waals surface area (Å²) in [6, 6.07) is 12.1. The van der Waals surface area contributed by atoms with E-state index in [4.69, 9.17) is 4.98 Å². The highest BCUT2D eigenvalue weighted by molar-refractivity contribution is 6.00. The second kappa shape index (κ2) is 7.65. The standard InChI is InChI=1S/C25H21F2N5O/c26-18-4-1-15(2-5-18)22-23(16-3-6-20-17(13-16)14-21(33)29-20)32-12-9-28-24(25(32)30-22)31-10-7-19(27)8-11-31/h1-6,9,12-13,19H,7-8,10-11,14H2,(H,29,33). The number of nitrogens with one attached hydrogen (secondary N) is 1. The molecular weight excluding hydrogens is 424 g/mol. The number of benzene rings is 2. The van der Waals surface area contributed by atoms with E-state index >= 15 is 0 Å². The van der Waals surface area contributed by atoms with Gasteiger partial charge in [0.1, 0.15) is 12.0 Å². The zero-order valence-electron chi connectivity index (χ0n) is 17.8. The third kappa shape index (κ3) is 3.42. The van der Waals surface area contributed by atoms with Crippen molar-refractivity contribution in [3.8, 4) is 22.5 Å². The third-order valence-corrected chi connectivity index (χ3v) is 6.37. The van der Waals surface area contributed by atoms with Crippen molar-refractivity contribution in [2.24, 2.45) is 0 Å². The van der Waals surface area contributed by atoms with E-state index in [1.54, 1.807) is 18.3 Å². The number of alkyl halides is 1. The number of rotatable bonds is 3. The number of hydrogen-bond acceptors (Lipinski definition) is 4. The maximum atomic E-state index is 13.7. The van der Waals surface area contributed by atoms with E-state index < -0.39 is 6.17 Å². The number of imidazole rings is 1. The number of aromatic nitrogens is 3. The maximum absolute atomic E-state index is 13.7. The molecular formula is C25H21F2N5O. The number of amides is 1. The molecule has 8 heteroatoms. The topological polar surface area (TPSA) is 62.5 Å². The van der Waals surface area contributed by atoms with Gasteiger partial charge in [-0.2, -0.15) is 0 Å². The fourth-order valence-electron chi connectivity index (χ4n) is 4.71. The van der Waals surface area contributed by atoms with Crippen molar-refractivity contribution in [1.82, 2.24) is 14.4 Å². The molecule has 0 atom stereocenters. The van der Waals surface area contributed by atoms with Crippen LogP contribution in [0.3, 0.4) is 0 Å². The van der Waals surface area contributed by atoms with Crippen molar-refractivity contribution in [1.29, 1.82) is 0 Å². The molecule has 2 aliphatic rings. The first-order valence-corrected chi connectivity index (χ1v) is 11.0. The molecule has 0 spiro atoms. The van der Waals surface area contributed by atoms with E-state index in [9.17, 15) is 13.6 Å². The molecule has 33 heavy (non-hydrogen) atoms. The van der Waals surface area contributed by atoms with Gasteiger partial charge in [0.2, 0.25) is 5.91 Å². The van der Waals surface area contributed by atoms with Crippen LogP contribution in [0, 0.1) is 5.82 Å². The zero-order valence-corrected chi connectivity index (χ0v) is 17.8. The molecule has 6 rings (SSSR count). The Balaban J connectivity index is 1.56. The number of carbonyl (C=O) groups excluding carboxylic acids is 1. The lowest BCUT2D eigenvalue weighted by Gasteiger charge is -2.29. The van der Waals surface area contributed by atoms with Crippen LogP contribution >= 0.6 is 0 Å². The first kappa shape index (κ1) is 19.8. The highest BCUT2D eigenvalue weighted by atomic mass is 19.1. The van der Waals surface area contributed by atoms with Gasteiger partial charge in [-0.3, -0.25) is 9.20 Å². The van der Waals surface area contributed by atoms with Crippen LogP contribution in [0.1, 0.15) is 18.4 Å². The molecule has 4 aromatic rings. The van der Waals surface area contributed by atoms with Crippen LogP contribution < -0.4 is 10.2 Å². The van der Waals surface area contributed by atoms with Crippen molar-refractivity contribution < 1.29 is 13.6 Å². The van der Waals surface area contributed by atoms with Crippen molar-refractivity contribution in [3.05, 3.63) is 66.2 Å². The van der Waals surface area contributed by atoms with Crippen LogP contribution in [0.5, 0.6) is 0 Å². The molecule has 2 aliphatic heterocycles. The van der Waals surface area contributed by atoms with Gasteiger partial charge < -0.3 is 10.2 Å². The van der Waals surface area contributed by atoms with Gasteiger partial charge in [-0.25, -0.2) is 18.7 Å². The van der Waals surface area contributed by atoms with Crippen LogP contribution in [0.25, 0.3) is 28.2 Å². The largest absolute Gasteiger partial charge is 0.353 e. The number of halogens is 2. The highest BCUT2D eigenvalue weighted by Crippen LogP contribution is 2.37. The Labute approximate surface area is 188 Å². The summed E-state index contributed by atoms with van der Waals surface area (Å²) >= 11 is 0. The monoisotopic (exact) mass is 445 g/mol. The lowest BCUT2D eigenvalue weighted by atomic mass is 10.0. The molecule has 1 fully saturated rings. The van der Waals surface area contributed by atoms with Gasteiger partial charge in [0.05, 0.1) is 17.8 Å². The van der Waals surface area contributed by atoms with Crippen LogP contribution in [-0.2, 0) is 11.2 Å². The lowest BCUT2D eigenvalue weighted by molar-refractivity contribution is -0.115. The first-order chi connectivity index (χ1) is 16.1. The smallest absolute Gasteiger partial charge is 0.228 e. The minimum absolute atomic E-state index is 0.0261. The zero-order chi connectivity index (χ0) is 22.5. The van der Waals surface area contributed by atoms with Crippen molar-refractivity contribution in [2.75, 3.05) is 23.3 Å². The van der Waals surface area contributed by atoms with E-state index in [-0.39, 0.29) is 11.7 Å². The van der Waals surface area contributed by atoms with Crippen molar-refractivity contribution in [2.45, 2.75) is 25.4 Å². The molecule has 1 saturated heterocycles. The van der Waals surface area contributed by atoms with Gasteiger partial charge in [-0.15, -0.1) is 0 Å². The average Bonchev–Trinajstić information content (AvgIpc) is 3.39. The molecule has 1 amide bonds. The summed E-state index contributed by atoms with van der Waals surface area (Å²) in [6.07, 6.45) is 4.06. The van der Waals surface area contributed by atoms with Crippen LogP contribution in [0.15, 0.2) is 54.9 Å². The predicted molar refractivity (Wildman–Crippen MR) is 122 cm³/mol. The minimum atomic E-state index is -0.784. The molecule has 0 radical (unpaired) electrons. The van der Waals surface area contributed by atoms with Crippen LogP contribution in [0.4, 0.5) is 20.3 Å². The molecule has 2 aromatic heterocycles. The SMILES string of the molecule is O=C1Cc2cc(-c3c(-c4ccc(F)cc4)nc4c(N5CCC(F)CC5)nccn34)ccc2N1. The van der Waals surface area contributed by atoms with Gasteiger partial charge in [-0.05, 0) is 54.8 Å². The second-order valence-corrected chi connectivity index (χ2v) is 8.52. The van der Waals surface area contributed by atoms with Gasteiger partial charge in [0.25, 0.3) is 0 Å². The Hall–Kier alpha value is -3.81. The van der Waals surface area contributed by atoms with Crippen LogP contribution in [0.2, 0.25) is 0 Å². The first-order valence-electron chi connectivity index (χ1n) is 11.0. The quantitative estimate of drug-likeness (QED) is 0.499. The predicted octanol–water partition coefficient (Wildman–Crippen LogP) is 4.64. The fraction of sp³-hybridized carbons (Fsp3) is 0.240. The lowest BCUT2D eigenvalue weighted by Crippen LogP contribution is -2.35. The summed E-state index contributed by atoms with van der Waals surface area (Å²) in [5, 5.41) is 2.86. The summed E-state index contributed by atoms with van der Waals surface area (Å²) in [5.74, 6) is 0.362. The number of piperidine rings is 1. The molecule has 4 heterocycles. The Kier molecular flexibility index (Phi) is 4.60. The molecule has 2 aromatic carbocycles. The van der Waals surface area contributed by atoms with Gasteiger partial charge in [-0.1, -0.05) is 6.07 Å². The molecule has 0 saturated carbocycles. The van der Waals surface area contributed by atoms with Gasteiger partial charge in [0.15, 0.2) is 11.5 Å². The van der Waals surface area contributed by atoms with E-state index in [1.165, 1.54) is 12.1 Å². The third-order valence-electron chi connectivity index (χ3n) is 6.37. The Morgan fingerprint density at radius 1 is 1.03 bits per heavy atom. The second-order valence-electron chi connectivity index (χ2n) is 8.52. The van der Waals surface area contributed by atoms with E-state index in [2.05, 4.69) is 15.2 Å². The van der Waals surface area contributed by atoms with E-state index in [0.717, 1.165) is 28.1 Å². The number of nitrogens with zero attached hydrogens (tertiary/aromatic N) is 4. The molecule has 0 unspecified atom stereocenters. The average molecular weight is 445 g/mol. The fourth-order valence-corrected chi connectivity index (χ4v) is 4.71. The molecule has 6 nitrogen and oxygen atoms in total. The van der Waals surface area contributed by atoms with E-state index in [0.29, 0.717) is 49.5 Å². The summed E-state index contributed by atoms with van der Waals surface area (Å²) in [6.45, 7) is 1.16. The highest BCUT2D eigenvalue weighted by Gasteiger charge is 2.26. The van der Waals surface area contributed by atoms with Crippen molar-refractivity contribution >= 4 is 23.1 Å². The summed E-state index contributed by atoms with van der Waals surface area (Å²) < 4.78 is 29.4. The Morgan fingerprint density at radius 3 is 2.58 bits per heavy atom. The van der Waals surface area contributed by atoms with Crippen LogP contribution in [-0.4, -0.2) is 39.5 Å². The summed E-state index contributed by atoms with van der Waals surface area (Å²) in [5.41, 5.74) is 5.62. The normalized spacial score (nSPS) is 16.3.